The molecular formula is C13H20N2O. The third-order valence-corrected chi connectivity index (χ3v) is 3.02. The van der Waals surface area contributed by atoms with Gasteiger partial charge < -0.3 is 10.0 Å². The molecule has 1 saturated heterocycles. The van der Waals surface area contributed by atoms with Crippen LogP contribution in [-0.4, -0.2) is 29.3 Å². The average Bonchev–Trinajstić information content (AvgIpc) is 2.30. The lowest BCUT2D eigenvalue weighted by Crippen LogP contribution is -2.30. The lowest BCUT2D eigenvalue weighted by atomic mass is 10.1. The van der Waals surface area contributed by atoms with Gasteiger partial charge in [0.1, 0.15) is 5.82 Å². The summed E-state index contributed by atoms with van der Waals surface area (Å²) < 4.78 is 0. The van der Waals surface area contributed by atoms with Crippen LogP contribution < -0.4 is 4.90 Å². The van der Waals surface area contributed by atoms with Crippen LogP contribution in [0.4, 0.5) is 5.82 Å². The van der Waals surface area contributed by atoms with E-state index in [1.807, 2.05) is 6.20 Å². The maximum Gasteiger partial charge on any atom is 0.128 e. The van der Waals surface area contributed by atoms with Gasteiger partial charge in [0.05, 0.1) is 6.10 Å². The summed E-state index contributed by atoms with van der Waals surface area (Å²) in [5.41, 5.74) is 1.11. The monoisotopic (exact) mass is 220 g/mol. The normalized spacial score (nSPS) is 18.5. The van der Waals surface area contributed by atoms with Crippen molar-refractivity contribution in [3.05, 3.63) is 23.9 Å². The number of hydrogen-bond acceptors (Lipinski definition) is 3. The van der Waals surface area contributed by atoms with Crippen LogP contribution in [-0.2, 0) is 6.42 Å². The third kappa shape index (κ3) is 2.95. The first-order valence-electron chi connectivity index (χ1n) is 6.13. The maximum absolute atomic E-state index is 9.29. The Labute approximate surface area is 97.1 Å². The molecule has 16 heavy (non-hydrogen) atoms. The largest absolute Gasteiger partial charge is 0.393 e. The van der Waals surface area contributed by atoms with Crippen molar-refractivity contribution in [3.8, 4) is 0 Å². The zero-order valence-electron chi connectivity index (χ0n) is 9.89. The van der Waals surface area contributed by atoms with Gasteiger partial charge in [-0.3, -0.25) is 0 Å². The summed E-state index contributed by atoms with van der Waals surface area (Å²) in [6.45, 7) is 4.06. The molecule has 1 aliphatic heterocycles. The minimum atomic E-state index is -0.289. The number of anilines is 1. The van der Waals surface area contributed by atoms with E-state index in [2.05, 4.69) is 22.0 Å². The fourth-order valence-corrected chi connectivity index (χ4v) is 2.19. The number of nitrogens with zero attached hydrogens (tertiary/aromatic N) is 2. The average molecular weight is 220 g/mol. The summed E-state index contributed by atoms with van der Waals surface area (Å²) in [5, 5.41) is 9.29. The first-order chi connectivity index (χ1) is 7.75. The van der Waals surface area contributed by atoms with E-state index in [1.165, 1.54) is 19.3 Å². The van der Waals surface area contributed by atoms with Crippen molar-refractivity contribution in [2.75, 3.05) is 18.0 Å². The number of piperidine rings is 1. The number of pyridine rings is 1. The van der Waals surface area contributed by atoms with Gasteiger partial charge in [-0.2, -0.15) is 0 Å². The molecule has 0 saturated carbocycles. The SMILES string of the molecule is C[C@@H](O)Cc1ccc(N2CCCCC2)nc1. The molecular weight excluding hydrogens is 200 g/mol. The van der Waals surface area contributed by atoms with Crippen LogP contribution in [0.5, 0.6) is 0 Å². The number of rotatable bonds is 3. The molecule has 0 bridgehead atoms. The molecule has 0 unspecified atom stereocenters. The lowest BCUT2D eigenvalue weighted by molar-refractivity contribution is 0.195. The second kappa shape index (κ2) is 5.30. The summed E-state index contributed by atoms with van der Waals surface area (Å²) in [5.74, 6) is 1.08. The number of hydrogen-bond donors (Lipinski definition) is 1. The van der Waals surface area contributed by atoms with E-state index in [0.29, 0.717) is 6.42 Å². The van der Waals surface area contributed by atoms with Crippen LogP contribution >= 0.6 is 0 Å². The Hall–Kier alpha value is -1.09. The van der Waals surface area contributed by atoms with Crippen molar-refractivity contribution in [2.45, 2.75) is 38.7 Å². The molecule has 0 aromatic carbocycles. The molecule has 1 aromatic rings. The standard InChI is InChI=1S/C13H20N2O/c1-11(16)9-12-5-6-13(14-10-12)15-7-3-2-4-8-15/h5-6,10-11,16H,2-4,7-9H2,1H3/t11-/m1/s1. The van der Waals surface area contributed by atoms with Crippen LogP contribution in [0.2, 0.25) is 0 Å². The molecule has 88 valence electrons. The number of aliphatic hydroxyl groups excluding tert-OH is 1. The second-order valence-corrected chi connectivity index (χ2v) is 4.63. The molecule has 2 rings (SSSR count). The Morgan fingerprint density at radius 2 is 2.06 bits per heavy atom. The van der Waals surface area contributed by atoms with Crippen LogP contribution in [0, 0.1) is 0 Å². The highest BCUT2D eigenvalue weighted by Gasteiger charge is 2.11. The number of aliphatic hydroxyl groups is 1. The van der Waals surface area contributed by atoms with Crippen molar-refractivity contribution in [1.82, 2.24) is 4.98 Å². The van der Waals surface area contributed by atoms with Crippen LogP contribution in [0.25, 0.3) is 0 Å². The van der Waals surface area contributed by atoms with E-state index in [4.69, 9.17) is 0 Å². The van der Waals surface area contributed by atoms with E-state index in [9.17, 15) is 5.11 Å². The fourth-order valence-electron chi connectivity index (χ4n) is 2.19. The Balaban J connectivity index is 2.00. The summed E-state index contributed by atoms with van der Waals surface area (Å²) in [6, 6.07) is 4.15. The highest BCUT2D eigenvalue weighted by Crippen LogP contribution is 2.17. The van der Waals surface area contributed by atoms with E-state index in [1.54, 1.807) is 6.92 Å². The van der Waals surface area contributed by atoms with Gasteiger partial charge in [-0.15, -0.1) is 0 Å². The Kier molecular flexibility index (Phi) is 3.78. The van der Waals surface area contributed by atoms with Crippen molar-refractivity contribution >= 4 is 5.82 Å². The predicted molar refractivity (Wildman–Crippen MR) is 65.7 cm³/mol. The maximum atomic E-state index is 9.29. The van der Waals surface area contributed by atoms with Crippen molar-refractivity contribution < 1.29 is 5.11 Å². The summed E-state index contributed by atoms with van der Waals surface area (Å²) in [7, 11) is 0. The third-order valence-electron chi connectivity index (χ3n) is 3.02. The molecule has 0 amide bonds. The minimum absolute atomic E-state index is 0.289. The van der Waals surface area contributed by atoms with Crippen molar-refractivity contribution in [2.24, 2.45) is 0 Å². The molecule has 1 atom stereocenters. The van der Waals surface area contributed by atoms with E-state index < -0.39 is 0 Å². The van der Waals surface area contributed by atoms with Crippen molar-refractivity contribution in [3.63, 3.8) is 0 Å². The molecule has 1 aromatic heterocycles. The molecule has 2 heterocycles. The molecule has 3 nitrogen and oxygen atoms in total. The predicted octanol–water partition coefficient (Wildman–Crippen LogP) is 2.00. The molecule has 1 N–H and O–H groups in total. The van der Waals surface area contributed by atoms with Gasteiger partial charge in [-0.1, -0.05) is 6.07 Å². The summed E-state index contributed by atoms with van der Waals surface area (Å²) in [6.07, 6.45) is 6.18. The fraction of sp³-hybridized carbons (Fsp3) is 0.615. The Morgan fingerprint density at radius 1 is 1.31 bits per heavy atom. The lowest BCUT2D eigenvalue weighted by Gasteiger charge is -2.27. The van der Waals surface area contributed by atoms with Crippen molar-refractivity contribution in [1.29, 1.82) is 0 Å². The molecule has 0 spiro atoms. The quantitative estimate of drug-likeness (QED) is 0.846. The van der Waals surface area contributed by atoms with Crippen LogP contribution in [0.1, 0.15) is 31.7 Å². The van der Waals surface area contributed by atoms with Gasteiger partial charge in [0.15, 0.2) is 0 Å². The first-order valence-corrected chi connectivity index (χ1v) is 6.13. The summed E-state index contributed by atoms with van der Waals surface area (Å²) >= 11 is 0. The first kappa shape index (κ1) is 11.4. The number of aromatic nitrogens is 1. The highest BCUT2D eigenvalue weighted by atomic mass is 16.3. The smallest absolute Gasteiger partial charge is 0.128 e. The molecule has 1 aliphatic rings. The van der Waals surface area contributed by atoms with Gasteiger partial charge in [0.2, 0.25) is 0 Å². The molecule has 0 aliphatic carbocycles. The van der Waals surface area contributed by atoms with Gasteiger partial charge in [0.25, 0.3) is 0 Å². The molecule has 1 fully saturated rings. The van der Waals surface area contributed by atoms with Gasteiger partial charge in [-0.05, 0) is 44.2 Å². The molecule has 0 radical (unpaired) electrons. The molecule has 3 heteroatoms. The Bertz CT molecular complexity index is 315. The van der Waals surface area contributed by atoms with Crippen LogP contribution in [0.3, 0.4) is 0 Å². The van der Waals surface area contributed by atoms with E-state index >= 15 is 0 Å². The highest BCUT2D eigenvalue weighted by molar-refractivity contribution is 5.39. The zero-order chi connectivity index (χ0) is 11.4. The van der Waals surface area contributed by atoms with Gasteiger partial charge >= 0.3 is 0 Å². The Morgan fingerprint density at radius 3 is 2.62 bits per heavy atom. The van der Waals surface area contributed by atoms with Gasteiger partial charge in [0, 0.05) is 19.3 Å². The second-order valence-electron chi connectivity index (χ2n) is 4.63. The van der Waals surface area contributed by atoms with Gasteiger partial charge in [-0.25, -0.2) is 4.98 Å². The zero-order valence-corrected chi connectivity index (χ0v) is 9.89. The van der Waals surface area contributed by atoms with E-state index in [-0.39, 0.29) is 6.10 Å². The summed E-state index contributed by atoms with van der Waals surface area (Å²) in [4.78, 5) is 6.81. The van der Waals surface area contributed by atoms with E-state index in [0.717, 1.165) is 24.5 Å². The minimum Gasteiger partial charge on any atom is -0.393 e. The van der Waals surface area contributed by atoms with Crippen LogP contribution in [0.15, 0.2) is 18.3 Å². The topological polar surface area (TPSA) is 36.4 Å².